The van der Waals surface area contributed by atoms with Gasteiger partial charge in [0.2, 0.25) is 5.91 Å². The molecule has 1 amide bonds. The van der Waals surface area contributed by atoms with Crippen molar-refractivity contribution in [3.05, 3.63) is 35.4 Å². The molecule has 21 heavy (non-hydrogen) atoms. The van der Waals surface area contributed by atoms with Crippen LogP contribution in [0.15, 0.2) is 24.3 Å². The summed E-state index contributed by atoms with van der Waals surface area (Å²) in [7, 11) is 0. The minimum absolute atomic E-state index is 0.167. The molecule has 1 unspecified atom stereocenters. The van der Waals surface area contributed by atoms with Crippen LogP contribution in [0, 0.1) is 5.92 Å². The van der Waals surface area contributed by atoms with Crippen molar-refractivity contribution >= 4 is 5.91 Å². The van der Waals surface area contributed by atoms with E-state index in [1.54, 1.807) is 0 Å². The number of rotatable bonds is 3. The molecule has 0 radical (unpaired) electrons. The molecular formula is C17H25N3O. The fraction of sp³-hybridized carbons (Fsp3) is 0.588. The first-order valence-electron chi connectivity index (χ1n) is 8.10. The number of nitrogens with zero attached hydrogens (tertiary/aromatic N) is 1. The zero-order valence-corrected chi connectivity index (χ0v) is 12.8. The summed E-state index contributed by atoms with van der Waals surface area (Å²) in [5.41, 5.74) is 2.60. The van der Waals surface area contributed by atoms with E-state index in [-0.39, 0.29) is 12.0 Å². The summed E-state index contributed by atoms with van der Waals surface area (Å²) >= 11 is 0. The monoisotopic (exact) mass is 287 g/mol. The highest BCUT2D eigenvalue weighted by atomic mass is 16.2. The second kappa shape index (κ2) is 6.58. The van der Waals surface area contributed by atoms with Crippen molar-refractivity contribution in [2.24, 2.45) is 5.92 Å². The van der Waals surface area contributed by atoms with Crippen molar-refractivity contribution in [1.82, 2.24) is 15.5 Å². The molecule has 2 aliphatic rings. The van der Waals surface area contributed by atoms with Crippen LogP contribution in [-0.4, -0.2) is 43.5 Å². The predicted octanol–water partition coefficient (Wildman–Crippen LogP) is 1.33. The first kappa shape index (κ1) is 14.5. The molecule has 2 atom stereocenters. The Bertz CT molecular complexity index is 479. The van der Waals surface area contributed by atoms with Crippen molar-refractivity contribution in [2.75, 3.05) is 32.7 Å². The Morgan fingerprint density at radius 1 is 1.19 bits per heavy atom. The summed E-state index contributed by atoms with van der Waals surface area (Å²) in [4.78, 5) is 14.9. The number of hydrogen-bond acceptors (Lipinski definition) is 3. The maximum absolute atomic E-state index is 12.8. The molecule has 0 bridgehead atoms. The second-order valence-electron chi connectivity index (χ2n) is 6.04. The van der Waals surface area contributed by atoms with Gasteiger partial charge in [0, 0.05) is 26.2 Å². The van der Waals surface area contributed by atoms with Gasteiger partial charge in [-0.1, -0.05) is 31.2 Å². The highest BCUT2D eigenvalue weighted by Gasteiger charge is 2.33. The van der Waals surface area contributed by atoms with Crippen molar-refractivity contribution < 1.29 is 4.79 Å². The average Bonchev–Trinajstić information content (AvgIpc) is 3.09. The summed E-state index contributed by atoms with van der Waals surface area (Å²) in [5.74, 6) is 0.492. The van der Waals surface area contributed by atoms with Gasteiger partial charge in [-0.15, -0.1) is 0 Å². The van der Waals surface area contributed by atoms with E-state index in [1.165, 1.54) is 11.1 Å². The lowest BCUT2D eigenvalue weighted by Gasteiger charge is -2.38. The molecule has 0 spiro atoms. The van der Waals surface area contributed by atoms with E-state index in [2.05, 4.69) is 46.7 Å². The summed E-state index contributed by atoms with van der Waals surface area (Å²) in [5, 5.41) is 6.73. The minimum atomic E-state index is 0.167. The number of piperazine rings is 1. The summed E-state index contributed by atoms with van der Waals surface area (Å²) in [6, 6.07) is 8.92. The molecule has 1 aromatic carbocycles. The molecule has 2 fully saturated rings. The van der Waals surface area contributed by atoms with E-state index in [0.29, 0.717) is 5.91 Å². The quantitative estimate of drug-likeness (QED) is 0.881. The standard InChI is InChI=1S/C17H25N3O/c1-2-13-3-5-14(6-4-13)16-12-19-9-10-20(16)17(21)15-7-8-18-11-15/h3-6,15-16,18-19H,2,7-12H2,1H3/t15-,16?/m1/s1. The Kier molecular flexibility index (Phi) is 4.56. The number of amides is 1. The van der Waals surface area contributed by atoms with Crippen molar-refractivity contribution in [1.29, 1.82) is 0 Å². The van der Waals surface area contributed by atoms with Crippen molar-refractivity contribution in [3.63, 3.8) is 0 Å². The predicted molar refractivity (Wildman–Crippen MR) is 84.1 cm³/mol. The lowest BCUT2D eigenvalue weighted by Crippen LogP contribution is -2.50. The Morgan fingerprint density at radius 3 is 2.62 bits per heavy atom. The van der Waals surface area contributed by atoms with Gasteiger partial charge in [0.1, 0.15) is 0 Å². The molecule has 114 valence electrons. The fourth-order valence-corrected chi connectivity index (χ4v) is 3.34. The zero-order valence-electron chi connectivity index (χ0n) is 12.8. The van der Waals surface area contributed by atoms with Crippen LogP contribution in [0.25, 0.3) is 0 Å². The van der Waals surface area contributed by atoms with Crippen LogP contribution in [0.1, 0.15) is 30.5 Å². The third-order valence-electron chi connectivity index (χ3n) is 4.71. The van der Waals surface area contributed by atoms with Gasteiger partial charge in [-0.3, -0.25) is 4.79 Å². The van der Waals surface area contributed by atoms with E-state index >= 15 is 0 Å². The van der Waals surface area contributed by atoms with Gasteiger partial charge in [0.05, 0.1) is 12.0 Å². The Balaban J connectivity index is 1.78. The van der Waals surface area contributed by atoms with E-state index in [4.69, 9.17) is 0 Å². The van der Waals surface area contributed by atoms with Crippen molar-refractivity contribution in [3.8, 4) is 0 Å². The molecule has 2 heterocycles. The normalized spacial score (nSPS) is 26.0. The Morgan fingerprint density at radius 2 is 1.95 bits per heavy atom. The minimum Gasteiger partial charge on any atom is -0.333 e. The maximum atomic E-state index is 12.8. The van der Waals surface area contributed by atoms with E-state index in [0.717, 1.165) is 45.6 Å². The Labute approximate surface area is 126 Å². The number of nitrogens with one attached hydrogen (secondary N) is 2. The number of aryl methyl sites for hydroxylation is 1. The van der Waals surface area contributed by atoms with Gasteiger partial charge in [0.15, 0.2) is 0 Å². The van der Waals surface area contributed by atoms with Crippen LogP contribution in [0.2, 0.25) is 0 Å². The molecule has 4 heteroatoms. The van der Waals surface area contributed by atoms with Crippen LogP contribution in [-0.2, 0) is 11.2 Å². The zero-order chi connectivity index (χ0) is 14.7. The number of hydrogen-bond donors (Lipinski definition) is 2. The molecule has 2 saturated heterocycles. The highest BCUT2D eigenvalue weighted by Crippen LogP contribution is 2.26. The molecule has 0 saturated carbocycles. The molecule has 0 aromatic heterocycles. The number of carbonyl (C=O) groups excluding carboxylic acids is 1. The van der Waals surface area contributed by atoms with Gasteiger partial charge < -0.3 is 15.5 Å². The molecule has 4 nitrogen and oxygen atoms in total. The maximum Gasteiger partial charge on any atom is 0.227 e. The summed E-state index contributed by atoms with van der Waals surface area (Å²) in [6.45, 7) is 6.55. The van der Waals surface area contributed by atoms with Gasteiger partial charge >= 0.3 is 0 Å². The second-order valence-corrected chi connectivity index (χ2v) is 6.04. The average molecular weight is 287 g/mol. The van der Waals surface area contributed by atoms with E-state index in [9.17, 15) is 4.79 Å². The van der Waals surface area contributed by atoms with Crippen LogP contribution < -0.4 is 10.6 Å². The lowest BCUT2D eigenvalue weighted by molar-refractivity contribution is -0.138. The molecular weight excluding hydrogens is 262 g/mol. The third-order valence-corrected chi connectivity index (χ3v) is 4.71. The van der Waals surface area contributed by atoms with Crippen LogP contribution >= 0.6 is 0 Å². The largest absolute Gasteiger partial charge is 0.333 e. The van der Waals surface area contributed by atoms with Crippen LogP contribution in [0.5, 0.6) is 0 Å². The smallest absolute Gasteiger partial charge is 0.227 e. The molecule has 2 aliphatic heterocycles. The third kappa shape index (κ3) is 3.11. The molecule has 2 N–H and O–H groups in total. The Hall–Kier alpha value is -1.39. The van der Waals surface area contributed by atoms with Gasteiger partial charge in [-0.25, -0.2) is 0 Å². The van der Waals surface area contributed by atoms with Gasteiger partial charge in [-0.05, 0) is 30.5 Å². The number of carbonyl (C=O) groups is 1. The first-order chi connectivity index (χ1) is 10.3. The molecule has 3 rings (SSSR count). The van der Waals surface area contributed by atoms with Crippen LogP contribution in [0.4, 0.5) is 0 Å². The van der Waals surface area contributed by atoms with Crippen LogP contribution in [0.3, 0.4) is 0 Å². The van der Waals surface area contributed by atoms with Crippen molar-refractivity contribution in [2.45, 2.75) is 25.8 Å². The first-order valence-corrected chi connectivity index (χ1v) is 8.10. The van der Waals surface area contributed by atoms with E-state index < -0.39 is 0 Å². The van der Waals surface area contributed by atoms with Gasteiger partial charge in [0.25, 0.3) is 0 Å². The summed E-state index contributed by atoms with van der Waals surface area (Å²) in [6.07, 6.45) is 2.03. The number of benzene rings is 1. The fourth-order valence-electron chi connectivity index (χ4n) is 3.34. The van der Waals surface area contributed by atoms with E-state index in [1.807, 2.05) is 0 Å². The molecule has 1 aromatic rings. The van der Waals surface area contributed by atoms with Gasteiger partial charge in [-0.2, -0.15) is 0 Å². The topological polar surface area (TPSA) is 44.4 Å². The lowest BCUT2D eigenvalue weighted by atomic mass is 9.98. The summed E-state index contributed by atoms with van der Waals surface area (Å²) < 4.78 is 0. The molecule has 0 aliphatic carbocycles. The SMILES string of the molecule is CCc1ccc(C2CNCCN2C(=O)[C@@H]2CCNC2)cc1. The highest BCUT2D eigenvalue weighted by molar-refractivity contribution is 5.80.